The molecule has 0 radical (unpaired) electrons. The second-order valence-corrected chi connectivity index (χ2v) is 9.31. The van der Waals surface area contributed by atoms with E-state index in [0.29, 0.717) is 35.9 Å². The Balaban J connectivity index is 1.43. The molecule has 6 nitrogen and oxygen atoms in total. The Bertz CT molecular complexity index is 1460. The normalized spacial score (nSPS) is 17.0. The lowest BCUT2D eigenvalue weighted by Crippen LogP contribution is -2.08. The van der Waals surface area contributed by atoms with E-state index in [2.05, 4.69) is 37.1 Å². The quantitative estimate of drug-likeness (QED) is 0.131. The molecule has 0 bridgehead atoms. The maximum absolute atomic E-state index is 11.9. The molecule has 5 rings (SSSR count). The highest BCUT2D eigenvalue weighted by Gasteiger charge is 2.34. The number of benzene rings is 3. The van der Waals surface area contributed by atoms with Gasteiger partial charge in [-0.3, -0.25) is 0 Å². The predicted octanol–water partition coefficient (Wildman–Crippen LogP) is 5.86. The summed E-state index contributed by atoms with van der Waals surface area (Å²) in [6.07, 6.45) is -0.0140. The minimum Gasteiger partial charge on any atom is -0.423 e. The van der Waals surface area contributed by atoms with Crippen LogP contribution >= 0.6 is 0 Å². The smallest absolute Gasteiger partial charge is 0.338 e. The van der Waals surface area contributed by atoms with Gasteiger partial charge in [0, 0.05) is 22.3 Å². The Kier molecular flexibility index (Phi) is 6.97. The Labute approximate surface area is 221 Å². The second-order valence-electron chi connectivity index (χ2n) is 9.31. The van der Waals surface area contributed by atoms with Crippen LogP contribution in [0, 0.1) is 11.8 Å². The fourth-order valence-electron chi connectivity index (χ4n) is 3.89. The van der Waals surface area contributed by atoms with Crippen LogP contribution in [-0.4, -0.2) is 25.2 Å². The van der Waals surface area contributed by atoms with E-state index < -0.39 is 11.9 Å². The van der Waals surface area contributed by atoms with Gasteiger partial charge in [-0.05, 0) is 84.6 Å². The standard InChI is InChI=1S/C32H26O6/c1-19(2)31(33)37-24-11-7-21(8-12-24)5-6-22-15-26(28-17-35-28)30(27(16-22)29-18-36-29)23-9-13-25(14-10-23)38-32(34)20(3)4/h7-16,28-29H,1,3,17-18H2,2,4H3. The number of ether oxygens (including phenoxy) is 4. The summed E-state index contributed by atoms with van der Waals surface area (Å²) in [6, 6.07) is 18.6. The highest BCUT2D eigenvalue weighted by Crippen LogP contribution is 2.45. The molecule has 3 aromatic carbocycles. The van der Waals surface area contributed by atoms with E-state index in [9.17, 15) is 9.59 Å². The van der Waals surface area contributed by atoms with E-state index in [0.717, 1.165) is 33.4 Å². The monoisotopic (exact) mass is 506 g/mol. The zero-order valence-corrected chi connectivity index (χ0v) is 21.2. The van der Waals surface area contributed by atoms with Gasteiger partial charge in [0.25, 0.3) is 0 Å². The zero-order valence-electron chi connectivity index (χ0n) is 21.2. The van der Waals surface area contributed by atoms with Gasteiger partial charge in [0.15, 0.2) is 0 Å². The van der Waals surface area contributed by atoms with Crippen LogP contribution in [0.25, 0.3) is 11.1 Å². The van der Waals surface area contributed by atoms with Crippen molar-refractivity contribution in [2.45, 2.75) is 26.1 Å². The van der Waals surface area contributed by atoms with Crippen molar-refractivity contribution in [2.24, 2.45) is 0 Å². The maximum Gasteiger partial charge on any atom is 0.338 e. The third-order valence-corrected chi connectivity index (χ3v) is 6.03. The summed E-state index contributed by atoms with van der Waals surface area (Å²) in [6.45, 7) is 11.7. The number of carbonyl (C=O) groups excluding carboxylic acids is 2. The fraction of sp³-hybridized carbons (Fsp3) is 0.188. The van der Waals surface area contributed by atoms with Crippen LogP contribution < -0.4 is 9.47 Å². The molecule has 2 aliphatic rings. The second kappa shape index (κ2) is 10.5. The molecular weight excluding hydrogens is 480 g/mol. The molecule has 2 atom stereocenters. The molecule has 38 heavy (non-hydrogen) atoms. The lowest BCUT2D eigenvalue weighted by atomic mass is 9.89. The first-order valence-corrected chi connectivity index (χ1v) is 12.2. The van der Waals surface area contributed by atoms with Gasteiger partial charge in [-0.15, -0.1) is 0 Å². The molecule has 0 aliphatic carbocycles. The van der Waals surface area contributed by atoms with Gasteiger partial charge in [-0.1, -0.05) is 37.1 Å². The van der Waals surface area contributed by atoms with Gasteiger partial charge in [-0.25, -0.2) is 9.59 Å². The van der Waals surface area contributed by atoms with Gasteiger partial charge in [0.05, 0.1) is 13.2 Å². The van der Waals surface area contributed by atoms with Crippen molar-refractivity contribution in [3.8, 4) is 34.5 Å². The molecule has 0 saturated carbocycles. The highest BCUT2D eigenvalue weighted by molar-refractivity contribution is 5.89. The molecule has 6 heteroatoms. The van der Waals surface area contributed by atoms with Gasteiger partial charge in [0.1, 0.15) is 23.7 Å². The number of epoxide rings is 2. The first-order valence-electron chi connectivity index (χ1n) is 12.2. The van der Waals surface area contributed by atoms with E-state index in [4.69, 9.17) is 18.9 Å². The van der Waals surface area contributed by atoms with E-state index in [1.807, 2.05) is 12.1 Å². The SMILES string of the molecule is C=C(C)C(=O)Oc1ccc(C#Cc2cc(C3CO3)c(-c3ccc(OC(=O)C(=C)C)cc3)c(C3CO3)c2)cc1. The van der Waals surface area contributed by atoms with Crippen LogP contribution in [0.5, 0.6) is 11.5 Å². The molecule has 0 aromatic heterocycles. The summed E-state index contributed by atoms with van der Waals surface area (Å²) in [5, 5.41) is 0. The van der Waals surface area contributed by atoms with Crippen LogP contribution in [0.4, 0.5) is 0 Å². The summed E-state index contributed by atoms with van der Waals surface area (Å²) in [5.74, 6) is 6.42. The maximum atomic E-state index is 11.9. The third-order valence-electron chi connectivity index (χ3n) is 6.03. The molecule has 3 aromatic rings. The molecule has 2 aliphatic heterocycles. The predicted molar refractivity (Wildman–Crippen MR) is 143 cm³/mol. The van der Waals surface area contributed by atoms with E-state index in [-0.39, 0.29) is 12.2 Å². The Hall–Kier alpha value is -4.44. The van der Waals surface area contributed by atoms with Crippen LogP contribution in [0.15, 0.2) is 85.0 Å². The zero-order chi connectivity index (χ0) is 26.8. The molecule has 2 heterocycles. The molecule has 2 saturated heterocycles. The summed E-state index contributed by atoms with van der Waals surface area (Å²) in [7, 11) is 0. The molecule has 0 amide bonds. The van der Waals surface area contributed by atoms with Crippen molar-refractivity contribution in [1.82, 2.24) is 0 Å². The van der Waals surface area contributed by atoms with Crippen molar-refractivity contribution >= 4 is 11.9 Å². The minimum absolute atomic E-state index is 0.00699. The molecule has 0 spiro atoms. The summed E-state index contributed by atoms with van der Waals surface area (Å²) in [5.41, 5.74) is 6.47. The van der Waals surface area contributed by atoms with Crippen LogP contribution in [0.3, 0.4) is 0 Å². The summed E-state index contributed by atoms with van der Waals surface area (Å²) < 4.78 is 21.9. The van der Waals surface area contributed by atoms with Crippen LogP contribution in [-0.2, 0) is 19.1 Å². The largest absolute Gasteiger partial charge is 0.423 e. The molecular formula is C32H26O6. The van der Waals surface area contributed by atoms with Crippen molar-refractivity contribution in [2.75, 3.05) is 13.2 Å². The van der Waals surface area contributed by atoms with Gasteiger partial charge in [-0.2, -0.15) is 0 Å². The summed E-state index contributed by atoms with van der Waals surface area (Å²) >= 11 is 0. The van der Waals surface area contributed by atoms with Crippen molar-refractivity contribution < 1.29 is 28.5 Å². The number of esters is 2. The van der Waals surface area contributed by atoms with Crippen molar-refractivity contribution in [1.29, 1.82) is 0 Å². The van der Waals surface area contributed by atoms with E-state index in [1.54, 1.807) is 50.2 Å². The fourth-order valence-corrected chi connectivity index (χ4v) is 3.89. The Morgan fingerprint density at radius 1 is 0.737 bits per heavy atom. The number of hydrogen-bond donors (Lipinski definition) is 0. The summed E-state index contributed by atoms with van der Waals surface area (Å²) in [4.78, 5) is 23.6. The van der Waals surface area contributed by atoms with Crippen molar-refractivity contribution in [3.63, 3.8) is 0 Å². The first kappa shape index (κ1) is 25.2. The lowest BCUT2D eigenvalue weighted by Gasteiger charge is -2.15. The van der Waals surface area contributed by atoms with Gasteiger partial charge < -0.3 is 18.9 Å². The average molecular weight is 507 g/mol. The average Bonchev–Trinajstić information content (AvgIpc) is 3.82. The minimum atomic E-state index is -0.462. The van der Waals surface area contributed by atoms with E-state index >= 15 is 0 Å². The molecule has 2 fully saturated rings. The van der Waals surface area contributed by atoms with Gasteiger partial charge in [0.2, 0.25) is 0 Å². The van der Waals surface area contributed by atoms with E-state index in [1.165, 1.54) is 0 Å². The number of rotatable bonds is 7. The third kappa shape index (κ3) is 5.92. The van der Waals surface area contributed by atoms with Crippen LogP contribution in [0.2, 0.25) is 0 Å². The Morgan fingerprint density at radius 2 is 1.16 bits per heavy atom. The first-order chi connectivity index (χ1) is 18.3. The van der Waals surface area contributed by atoms with Crippen molar-refractivity contribution in [3.05, 3.63) is 107 Å². The molecule has 0 N–H and O–H groups in total. The van der Waals surface area contributed by atoms with Crippen LogP contribution in [0.1, 0.15) is 48.3 Å². The molecule has 2 unspecified atom stereocenters. The lowest BCUT2D eigenvalue weighted by molar-refractivity contribution is -0.130. The topological polar surface area (TPSA) is 77.7 Å². The Morgan fingerprint density at radius 3 is 1.58 bits per heavy atom. The number of carbonyl (C=O) groups is 2. The highest BCUT2D eigenvalue weighted by atomic mass is 16.6. The number of hydrogen-bond acceptors (Lipinski definition) is 6. The van der Waals surface area contributed by atoms with Gasteiger partial charge >= 0.3 is 11.9 Å². The molecule has 190 valence electrons.